The van der Waals surface area contributed by atoms with Crippen LogP contribution in [0, 0.1) is 0 Å². The molecule has 2 aromatic heterocycles. The van der Waals surface area contributed by atoms with E-state index in [0.717, 1.165) is 38.8 Å². The van der Waals surface area contributed by atoms with E-state index in [9.17, 15) is 0 Å². The van der Waals surface area contributed by atoms with Crippen LogP contribution in [0.4, 0.5) is 0 Å². The van der Waals surface area contributed by atoms with Gasteiger partial charge in [0.1, 0.15) is 6.17 Å². The maximum atomic E-state index is 5.23. The summed E-state index contributed by atoms with van der Waals surface area (Å²) in [4.78, 5) is 5.23. The second kappa shape index (κ2) is 11.3. The van der Waals surface area contributed by atoms with Crippen LogP contribution < -0.4 is 15.9 Å². The Morgan fingerprint density at radius 2 is 1.12 bits per heavy atom. The lowest BCUT2D eigenvalue weighted by Crippen LogP contribution is -2.39. The minimum atomic E-state index is -0.234. The van der Waals surface area contributed by atoms with E-state index in [1.54, 1.807) is 0 Å². The first-order valence-electron chi connectivity index (χ1n) is 17.8. The largest absolute Gasteiger partial charge is 0.359 e. The van der Waals surface area contributed by atoms with Gasteiger partial charge in [-0.2, -0.15) is 0 Å². The van der Waals surface area contributed by atoms with Gasteiger partial charge in [0.25, 0.3) is 0 Å². The van der Waals surface area contributed by atoms with E-state index in [-0.39, 0.29) is 6.17 Å². The Labute approximate surface area is 299 Å². The van der Waals surface area contributed by atoms with Gasteiger partial charge in [-0.3, -0.25) is 4.99 Å². The lowest BCUT2D eigenvalue weighted by atomic mass is 10.0. The maximum absolute atomic E-state index is 5.23. The Morgan fingerprint density at radius 1 is 0.442 bits per heavy atom. The molecular weight excluding hydrogens is 633 g/mol. The van der Waals surface area contributed by atoms with Gasteiger partial charge in [0.15, 0.2) is 0 Å². The first-order valence-corrected chi connectivity index (χ1v) is 17.8. The molecule has 52 heavy (non-hydrogen) atoms. The predicted octanol–water partition coefficient (Wildman–Crippen LogP) is 10.1. The molecule has 0 amide bonds. The van der Waals surface area contributed by atoms with E-state index in [1.807, 2.05) is 0 Å². The summed E-state index contributed by atoms with van der Waals surface area (Å²) in [7, 11) is 0. The normalized spacial score (nSPS) is 14.2. The predicted molar refractivity (Wildman–Crippen MR) is 215 cm³/mol. The second-order valence-corrected chi connectivity index (χ2v) is 13.6. The van der Waals surface area contributed by atoms with Crippen LogP contribution in [-0.2, 0) is 0 Å². The average Bonchev–Trinajstić information content (AvgIpc) is 3.72. The molecule has 1 atom stereocenters. The van der Waals surface area contributed by atoms with Crippen LogP contribution in [-0.4, -0.2) is 9.13 Å². The molecule has 244 valence electrons. The molecule has 0 spiro atoms. The van der Waals surface area contributed by atoms with Crippen LogP contribution in [0.3, 0.4) is 0 Å². The minimum Gasteiger partial charge on any atom is -0.359 e. The summed E-state index contributed by atoms with van der Waals surface area (Å²) in [6.07, 6.45) is -0.234. The van der Waals surface area contributed by atoms with Crippen LogP contribution in [0.2, 0.25) is 0 Å². The summed E-state index contributed by atoms with van der Waals surface area (Å²) in [5, 5.41) is 13.4. The molecule has 10 aromatic rings. The topological polar surface area (TPSA) is 34.2 Å². The van der Waals surface area contributed by atoms with Gasteiger partial charge in [-0.15, -0.1) is 0 Å². The molecule has 0 saturated heterocycles. The number of rotatable bonds is 4. The number of benzene rings is 8. The van der Waals surface area contributed by atoms with Crippen LogP contribution >= 0.6 is 0 Å². The van der Waals surface area contributed by atoms with Crippen molar-refractivity contribution in [3.63, 3.8) is 0 Å². The van der Waals surface area contributed by atoms with Crippen molar-refractivity contribution < 1.29 is 0 Å². The second-order valence-electron chi connectivity index (χ2n) is 13.6. The van der Waals surface area contributed by atoms with E-state index in [0.29, 0.717) is 0 Å². The minimum absolute atomic E-state index is 0.234. The third-order valence-electron chi connectivity index (χ3n) is 10.7. The van der Waals surface area contributed by atoms with Gasteiger partial charge < -0.3 is 14.5 Å². The van der Waals surface area contributed by atoms with Crippen molar-refractivity contribution in [1.29, 1.82) is 0 Å². The van der Waals surface area contributed by atoms with Crippen molar-refractivity contribution in [2.75, 3.05) is 0 Å². The molecule has 4 heteroatoms. The molecule has 8 aromatic carbocycles. The molecule has 1 N–H and O–H groups in total. The fraction of sp³-hybridized carbons (Fsp3) is 0.0208. The van der Waals surface area contributed by atoms with Gasteiger partial charge >= 0.3 is 0 Å². The summed E-state index contributed by atoms with van der Waals surface area (Å²) in [6, 6.07) is 65.5. The number of para-hydroxylation sites is 3. The Balaban J connectivity index is 1.15. The molecule has 0 aliphatic carbocycles. The standard InChI is InChI=1S/C48H32N4/c1-3-15-32(16-4-1)46-39-23-9-11-24-42(39)49-48(50-46)33-17-13-20-35(28-33)51-43-25-12-10-22-37(43)40-29-45-41(30-44(40)51)38-27-26-31-14-7-8-21-36(31)47(38)52(45)34-18-5-2-6-19-34/h1-30,48,50H. The molecule has 3 heterocycles. The number of nitrogens with one attached hydrogen (secondary N) is 1. The van der Waals surface area contributed by atoms with Gasteiger partial charge in [0.2, 0.25) is 0 Å². The highest BCUT2D eigenvalue weighted by atomic mass is 15.1. The van der Waals surface area contributed by atoms with Crippen LogP contribution in [0.25, 0.3) is 71.5 Å². The molecule has 0 saturated carbocycles. The average molecular weight is 665 g/mol. The number of hydrogen-bond acceptors (Lipinski definition) is 2. The van der Waals surface area contributed by atoms with E-state index in [1.165, 1.54) is 54.4 Å². The van der Waals surface area contributed by atoms with E-state index in [2.05, 4.69) is 196 Å². The summed E-state index contributed by atoms with van der Waals surface area (Å²) in [6.45, 7) is 0. The van der Waals surface area contributed by atoms with Crippen molar-refractivity contribution >= 4 is 60.1 Å². The Morgan fingerprint density at radius 3 is 1.98 bits per heavy atom. The monoisotopic (exact) mass is 664 g/mol. The number of fused-ring (bicyclic) bond motifs is 9. The zero-order valence-corrected chi connectivity index (χ0v) is 28.2. The molecule has 1 aliphatic heterocycles. The Hall–Kier alpha value is -6.91. The van der Waals surface area contributed by atoms with Gasteiger partial charge in [0.05, 0.1) is 33.1 Å². The molecule has 1 aliphatic rings. The zero-order valence-electron chi connectivity index (χ0n) is 28.2. The highest BCUT2D eigenvalue weighted by molar-refractivity contribution is 6.23. The van der Waals surface area contributed by atoms with E-state index >= 15 is 0 Å². The fourth-order valence-corrected chi connectivity index (χ4v) is 8.38. The third kappa shape index (κ3) is 4.31. The quantitative estimate of drug-likeness (QED) is 0.200. The van der Waals surface area contributed by atoms with Gasteiger partial charge in [-0.05, 0) is 65.0 Å². The molecule has 4 nitrogen and oxygen atoms in total. The van der Waals surface area contributed by atoms with Crippen molar-refractivity contribution in [1.82, 2.24) is 14.5 Å². The number of nitrogens with zero attached hydrogens (tertiary/aromatic N) is 3. The molecule has 11 rings (SSSR count). The third-order valence-corrected chi connectivity index (χ3v) is 10.7. The molecule has 0 fully saturated rings. The van der Waals surface area contributed by atoms with E-state index in [4.69, 9.17) is 4.99 Å². The van der Waals surface area contributed by atoms with Crippen molar-refractivity contribution in [2.24, 2.45) is 4.99 Å². The van der Waals surface area contributed by atoms with Crippen molar-refractivity contribution in [2.45, 2.75) is 6.17 Å². The zero-order chi connectivity index (χ0) is 34.2. The lowest BCUT2D eigenvalue weighted by molar-refractivity contribution is 0.634. The fourth-order valence-electron chi connectivity index (χ4n) is 8.38. The summed E-state index contributed by atoms with van der Waals surface area (Å²) < 4.78 is 4.88. The highest BCUT2D eigenvalue weighted by Gasteiger charge is 2.22. The van der Waals surface area contributed by atoms with Crippen LogP contribution in [0.5, 0.6) is 0 Å². The first-order chi connectivity index (χ1) is 25.8. The van der Waals surface area contributed by atoms with E-state index < -0.39 is 0 Å². The van der Waals surface area contributed by atoms with Crippen LogP contribution in [0.1, 0.15) is 17.3 Å². The lowest BCUT2D eigenvalue weighted by Gasteiger charge is -2.23. The maximum Gasteiger partial charge on any atom is 0.145 e. The van der Waals surface area contributed by atoms with Crippen molar-refractivity contribution in [3.05, 3.63) is 204 Å². The summed E-state index contributed by atoms with van der Waals surface area (Å²) >= 11 is 0. The Bertz CT molecular complexity index is 3150. The van der Waals surface area contributed by atoms with Gasteiger partial charge in [-0.25, -0.2) is 0 Å². The Kier molecular flexibility index (Phi) is 6.28. The first kappa shape index (κ1) is 28.9. The van der Waals surface area contributed by atoms with Crippen LogP contribution in [0.15, 0.2) is 187 Å². The summed E-state index contributed by atoms with van der Waals surface area (Å²) in [5.74, 6) is 0. The number of aromatic nitrogens is 2. The molecule has 0 bridgehead atoms. The SMILES string of the molecule is c1ccc(C2=c3ccccc3=NC(c3cccc(-n4c5ccccc5c5cc6c(cc54)c4ccc5ccccc5c4n6-c4ccccc4)c3)N2)cc1. The van der Waals surface area contributed by atoms with Gasteiger partial charge in [-0.1, -0.05) is 133 Å². The number of hydrogen-bond donors (Lipinski definition) is 1. The smallest absolute Gasteiger partial charge is 0.145 e. The molecule has 1 unspecified atom stereocenters. The van der Waals surface area contributed by atoms with Crippen molar-refractivity contribution in [3.8, 4) is 11.4 Å². The van der Waals surface area contributed by atoms with Gasteiger partial charge in [0, 0.05) is 43.5 Å². The molecule has 0 radical (unpaired) electrons. The molecular formula is C48H32N4. The highest BCUT2D eigenvalue weighted by Crippen LogP contribution is 2.41. The summed E-state index contributed by atoms with van der Waals surface area (Å²) in [5.41, 5.74) is 10.4.